The van der Waals surface area contributed by atoms with Crippen molar-refractivity contribution in [2.45, 2.75) is 0 Å². The summed E-state index contributed by atoms with van der Waals surface area (Å²) >= 11 is 0. The summed E-state index contributed by atoms with van der Waals surface area (Å²) in [6.07, 6.45) is 0. The van der Waals surface area contributed by atoms with E-state index < -0.39 is 0 Å². The molecule has 0 spiro atoms. The second kappa shape index (κ2) is 10.9. The van der Waals surface area contributed by atoms with E-state index in [4.69, 9.17) is 0 Å². The van der Waals surface area contributed by atoms with Crippen molar-refractivity contribution in [3.63, 3.8) is 0 Å². The van der Waals surface area contributed by atoms with Crippen LogP contribution in [0.25, 0.3) is 87.6 Å². The smallest absolute Gasteiger partial charge is 0.00259 e. The van der Waals surface area contributed by atoms with E-state index in [1.807, 2.05) is 0 Å². The molecule has 0 unspecified atom stereocenters. The van der Waals surface area contributed by atoms with E-state index in [1.54, 1.807) is 0 Å². The van der Waals surface area contributed by atoms with Gasteiger partial charge in [0.1, 0.15) is 0 Å². The van der Waals surface area contributed by atoms with Crippen LogP contribution in [0.4, 0.5) is 0 Å². The lowest BCUT2D eigenvalue weighted by Gasteiger charge is -2.19. The third-order valence-corrected chi connectivity index (χ3v) is 9.44. The van der Waals surface area contributed by atoms with E-state index in [9.17, 15) is 0 Å². The van der Waals surface area contributed by atoms with E-state index >= 15 is 0 Å². The summed E-state index contributed by atoms with van der Waals surface area (Å²) in [6.45, 7) is 0. The van der Waals surface area contributed by atoms with E-state index in [1.165, 1.54) is 87.6 Å². The first kappa shape index (κ1) is 26.4. The Balaban J connectivity index is 1.38. The minimum Gasteiger partial charge on any atom is -0.0622 e. The Labute approximate surface area is 268 Å². The van der Waals surface area contributed by atoms with Crippen molar-refractivity contribution in [1.82, 2.24) is 0 Å². The molecule has 0 heterocycles. The summed E-state index contributed by atoms with van der Waals surface area (Å²) < 4.78 is 0. The Morgan fingerprint density at radius 3 is 1.30 bits per heavy atom. The average Bonchev–Trinajstić information content (AvgIpc) is 3.13. The highest BCUT2D eigenvalue weighted by atomic mass is 14.2. The molecule has 0 radical (unpaired) electrons. The van der Waals surface area contributed by atoms with Gasteiger partial charge in [0.25, 0.3) is 0 Å². The zero-order chi connectivity index (χ0) is 30.5. The topological polar surface area (TPSA) is 0 Å². The predicted octanol–water partition coefficient (Wildman–Crippen LogP) is 13.0. The molecule has 0 bridgehead atoms. The zero-order valence-electron chi connectivity index (χ0n) is 25.3. The van der Waals surface area contributed by atoms with Crippen LogP contribution >= 0.6 is 0 Å². The summed E-state index contributed by atoms with van der Waals surface area (Å²) in [5, 5.41) is 10.1. The van der Waals surface area contributed by atoms with Crippen LogP contribution in [0.1, 0.15) is 0 Å². The third kappa shape index (κ3) is 4.30. The van der Waals surface area contributed by atoms with E-state index in [0.717, 1.165) is 0 Å². The van der Waals surface area contributed by atoms with Crippen LogP contribution in [-0.4, -0.2) is 0 Å². The van der Waals surface area contributed by atoms with Gasteiger partial charge in [0.2, 0.25) is 0 Å². The fourth-order valence-electron chi connectivity index (χ4n) is 7.37. The van der Waals surface area contributed by atoms with Gasteiger partial charge >= 0.3 is 0 Å². The zero-order valence-corrected chi connectivity index (χ0v) is 25.3. The van der Waals surface area contributed by atoms with Crippen LogP contribution in [0.2, 0.25) is 0 Å². The number of hydrogen-bond donors (Lipinski definition) is 0. The molecular weight excluding hydrogens is 553 g/mol. The van der Waals surface area contributed by atoms with Gasteiger partial charge < -0.3 is 0 Å². The maximum absolute atomic E-state index is 2.43. The highest BCUT2D eigenvalue weighted by Gasteiger charge is 2.18. The lowest BCUT2D eigenvalue weighted by atomic mass is 9.84. The van der Waals surface area contributed by atoms with Crippen LogP contribution in [0.15, 0.2) is 182 Å². The largest absolute Gasteiger partial charge is 0.0622 e. The van der Waals surface area contributed by atoms with Crippen LogP contribution in [0.5, 0.6) is 0 Å². The minimum absolute atomic E-state index is 1.22. The van der Waals surface area contributed by atoms with Crippen molar-refractivity contribution in [1.29, 1.82) is 0 Å². The molecule has 0 saturated carbocycles. The first-order valence-corrected chi connectivity index (χ1v) is 15.9. The highest BCUT2D eigenvalue weighted by molar-refractivity contribution is 6.22. The Morgan fingerprint density at radius 1 is 0.217 bits per heavy atom. The SMILES string of the molecule is c1ccc(-c2c3ccccc3c(-c3cccc(-c4cccc5ccccc45)c3)c3cc(-c4cccc5ccccc45)ccc23)cc1. The van der Waals surface area contributed by atoms with Gasteiger partial charge in [0.05, 0.1) is 0 Å². The van der Waals surface area contributed by atoms with Crippen molar-refractivity contribution >= 4 is 43.1 Å². The van der Waals surface area contributed by atoms with Gasteiger partial charge in [0.15, 0.2) is 0 Å². The Bertz CT molecular complexity index is 2560. The number of fused-ring (bicyclic) bond motifs is 4. The Morgan fingerprint density at radius 2 is 0.652 bits per heavy atom. The average molecular weight is 583 g/mol. The van der Waals surface area contributed by atoms with Gasteiger partial charge in [-0.1, -0.05) is 170 Å². The van der Waals surface area contributed by atoms with Crippen molar-refractivity contribution in [3.8, 4) is 44.5 Å². The molecule has 0 aliphatic rings. The van der Waals surface area contributed by atoms with Crippen molar-refractivity contribution in [2.24, 2.45) is 0 Å². The molecular formula is C46H30. The molecule has 0 amide bonds. The summed E-state index contributed by atoms with van der Waals surface area (Å²) in [5.74, 6) is 0. The first-order valence-electron chi connectivity index (χ1n) is 15.9. The fourth-order valence-corrected chi connectivity index (χ4v) is 7.37. The fraction of sp³-hybridized carbons (Fsp3) is 0. The van der Waals surface area contributed by atoms with E-state index in [0.29, 0.717) is 0 Å². The van der Waals surface area contributed by atoms with Crippen LogP contribution < -0.4 is 0 Å². The Hall–Kier alpha value is -5.98. The molecule has 0 aliphatic carbocycles. The summed E-state index contributed by atoms with van der Waals surface area (Å²) in [5.41, 5.74) is 9.97. The summed E-state index contributed by atoms with van der Waals surface area (Å²) in [7, 11) is 0. The number of rotatable bonds is 4. The predicted molar refractivity (Wildman–Crippen MR) is 198 cm³/mol. The van der Waals surface area contributed by atoms with Crippen molar-refractivity contribution in [3.05, 3.63) is 182 Å². The molecule has 9 aromatic carbocycles. The summed E-state index contributed by atoms with van der Waals surface area (Å²) in [4.78, 5) is 0. The quantitative estimate of drug-likeness (QED) is 0.181. The maximum Gasteiger partial charge on any atom is -0.00259 e. The number of hydrogen-bond acceptors (Lipinski definition) is 0. The first-order chi connectivity index (χ1) is 22.8. The normalized spacial score (nSPS) is 11.5. The van der Waals surface area contributed by atoms with Crippen molar-refractivity contribution < 1.29 is 0 Å². The molecule has 214 valence electrons. The minimum atomic E-state index is 1.22. The van der Waals surface area contributed by atoms with E-state index in [-0.39, 0.29) is 0 Å². The molecule has 0 aliphatic heterocycles. The molecule has 0 heteroatoms. The highest BCUT2D eigenvalue weighted by Crippen LogP contribution is 2.46. The van der Waals surface area contributed by atoms with Gasteiger partial charge in [-0.3, -0.25) is 0 Å². The molecule has 0 N–H and O–H groups in total. The van der Waals surface area contributed by atoms with Crippen LogP contribution in [0.3, 0.4) is 0 Å². The molecule has 0 aromatic heterocycles. The van der Waals surface area contributed by atoms with Gasteiger partial charge in [-0.2, -0.15) is 0 Å². The van der Waals surface area contributed by atoms with Crippen molar-refractivity contribution in [2.75, 3.05) is 0 Å². The second-order valence-electron chi connectivity index (χ2n) is 12.1. The number of benzene rings is 9. The lowest BCUT2D eigenvalue weighted by Crippen LogP contribution is -1.92. The monoisotopic (exact) mass is 582 g/mol. The standard InChI is InChI=1S/C46H30/c1-2-15-33(16-3-1)45-41-23-8-9-24-42(41)46(36-20-10-19-34(29-36)39-25-11-17-31-13-4-6-21-37(31)39)44-30-35(27-28-43(44)45)40-26-12-18-32-14-5-7-22-38(32)40/h1-30H. The molecule has 9 aromatic rings. The molecule has 0 atom stereocenters. The third-order valence-electron chi connectivity index (χ3n) is 9.44. The summed E-state index contributed by atoms with van der Waals surface area (Å²) in [6, 6.07) is 66.6. The molecule has 46 heavy (non-hydrogen) atoms. The van der Waals surface area contributed by atoms with E-state index in [2.05, 4.69) is 182 Å². The van der Waals surface area contributed by atoms with Gasteiger partial charge in [0, 0.05) is 0 Å². The van der Waals surface area contributed by atoms with Gasteiger partial charge in [-0.15, -0.1) is 0 Å². The molecule has 9 rings (SSSR count). The van der Waals surface area contributed by atoms with Gasteiger partial charge in [-0.25, -0.2) is 0 Å². The molecule has 0 fully saturated rings. The Kier molecular flexibility index (Phi) is 6.25. The molecule has 0 nitrogen and oxygen atoms in total. The molecule has 0 saturated heterocycles. The second-order valence-corrected chi connectivity index (χ2v) is 12.1. The lowest BCUT2D eigenvalue weighted by molar-refractivity contribution is 1.62. The van der Waals surface area contributed by atoms with Gasteiger partial charge in [-0.05, 0) is 99.7 Å². The maximum atomic E-state index is 2.43. The van der Waals surface area contributed by atoms with Crippen LogP contribution in [0, 0.1) is 0 Å². The van der Waals surface area contributed by atoms with Crippen LogP contribution in [-0.2, 0) is 0 Å².